The lowest BCUT2D eigenvalue weighted by atomic mass is 10.1. The van der Waals surface area contributed by atoms with E-state index in [-0.39, 0.29) is 5.56 Å². The molecule has 0 saturated heterocycles. The van der Waals surface area contributed by atoms with Crippen LogP contribution >= 0.6 is 0 Å². The van der Waals surface area contributed by atoms with Gasteiger partial charge in [0.25, 0.3) is 5.56 Å². The number of nitrogens with one attached hydrogen (secondary N) is 3. The lowest BCUT2D eigenvalue weighted by molar-refractivity contribution is 0.857. The maximum absolute atomic E-state index is 12.1. The summed E-state index contributed by atoms with van der Waals surface area (Å²) in [7, 11) is 3.81. The van der Waals surface area contributed by atoms with Crippen molar-refractivity contribution in [1.29, 1.82) is 5.41 Å². The van der Waals surface area contributed by atoms with Gasteiger partial charge >= 0.3 is 0 Å². The molecule has 0 saturated carbocycles. The van der Waals surface area contributed by atoms with Crippen molar-refractivity contribution in [2.45, 2.75) is 20.4 Å². The number of pyridine rings is 2. The van der Waals surface area contributed by atoms with Gasteiger partial charge in [-0.1, -0.05) is 6.58 Å². The molecule has 0 unspecified atom stereocenters. The number of hydrogen-bond acceptors (Lipinski definition) is 5. The summed E-state index contributed by atoms with van der Waals surface area (Å²) in [5.41, 5.74) is 4.49. The summed E-state index contributed by atoms with van der Waals surface area (Å²) in [6.45, 7) is 8.21. The Bertz CT molecular complexity index is 836. The molecule has 2 aromatic rings. The van der Waals surface area contributed by atoms with Gasteiger partial charge in [0.15, 0.2) is 0 Å². The van der Waals surface area contributed by atoms with Gasteiger partial charge in [0.05, 0.1) is 0 Å². The molecule has 126 valence electrons. The molecule has 0 radical (unpaired) electrons. The van der Waals surface area contributed by atoms with Gasteiger partial charge in [-0.25, -0.2) is 4.98 Å². The highest BCUT2D eigenvalue weighted by molar-refractivity contribution is 5.86. The van der Waals surface area contributed by atoms with E-state index in [1.165, 1.54) is 6.21 Å². The Morgan fingerprint density at radius 2 is 2.12 bits per heavy atom. The molecule has 0 aliphatic rings. The smallest absolute Gasteiger partial charge is 0.253 e. The predicted molar refractivity (Wildman–Crippen MR) is 98.9 cm³/mol. The zero-order valence-corrected chi connectivity index (χ0v) is 14.5. The van der Waals surface area contributed by atoms with Gasteiger partial charge in [0.1, 0.15) is 5.82 Å². The quantitative estimate of drug-likeness (QED) is 0.711. The normalized spacial score (nSPS) is 10.3. The predicted octanol–water partition coefficient (Wildman–Crippen LogP) is 2.21. The third-order valence-corrected chi connectivity index (χ3v) is 3.83. The van der Waals surface area contributed by atoms with Crippen LogP contribution in [0.15, 0.2) is 29.7 Å². The van der Waals surface area contributed by atoms with Crippen molar-refractivity contribution < 1.29 is 0 Å². The first-order valence-electron chi connectivity index (χ1n) is 7.64. The number of hydrogen-bond donors (Lipinski definition) is 3. The van der Waals surface area contributed by atoms with Crippen LogP contribution in [0.2, 0.25) is 0 Å². The minimum Gasteiger partial charge on any atom is -0.381 e. The van der Waals surface area contributed by atoms with E-state index in [0.29, 0.717) is 23.4 Å². The first kappa shape index (κ1) is 17.5. The standard InChI is InChI=1S/C18H23N5O/c1-11-6-12(2)22-18(24)16(11)10-20-13(3)15-7-17(23(4)5)21-9-14(15)8-19/h6-9,19-20H,3,10H2,1-2,4-5H3,(H,22,24). The molecule has 0 bridgehead atoms. The van der Waals surface area contributed by atoms with Gasteiger partial charge in [-0.3, -0.25) is 4.79 Å². The highest BCUT2D eigenvalue weighted by Crippen LogP contribution is 2.19. The Hall–Kier alpha value is -2.89. The van der Waals surface area contributed by atoms with E-state index in [1.54, 1.807) is 6.20 Å². The van der Waals surface area contributed by atoms with Gasteiger partial charge in [0, 0.05) is 61.1 Å². The van der Waals surface area contributed by atoms with Gasteiger partial charge in [-0.15, -0.1) is 0 Å². The van der Waals surface area contributed by atoms with E-state index in [1.807, 2.05) is 45.0 Å². The molecule has 0 amide bonds. The number of aromatic nitrogens is 2. The van der Waals surface area contributed by atoms with Crippen LogP contribution in [0.4, 0.5) is 5.82 Å². The fraction of sp³-hybridized carbons (Fsp3) is 0.278. The summed E-state index contributed by atoms with van der Waals surface area (Å²) >= 11 is 0. The van der Waals surface area contributed by atoms with Crippen molar-refractivity contribution in [3.05, 3.63) is 63.2 Å². The third-order valence-electron chi connectivity index (χ3n) is 3.83. The molecule has 0 aromatic carbocycles. The summed E-state index contributed by atoms with van der Waals surface area (Å²) in [6, 6.07) is 3.82. The van der Waals surface area contributed by atoms with E-state index in [4.69, 9.17) is 5.41 Å². The summed E-state index contributed by atoms with van der Waals surface area (Å²) in [4.78, 5) is 21.1. The van der Waals surface area contributed by atoms with Gasteiger partial charge < -0.3 is 20.6 Å². The number of nitrogens with zero attached hydrogens (tertiary/aromatic N) is 2. The van der Waals surface area contributed by atoms with Crippen LogP contribution in [0.25, 0.3) is 5.70 Å². The molecule has 0 aliphatic heterocycles. The summed E-state index contributed by atoms with van der Waals surface area (Å²) in [5.74, 6) is 0.780. The molecular weight excluding hydrogens is 302 g/mol. The average molecular weight is 325 g/mol. The zero-order valence-electron chi connectivity index (χ0n) is 14.5. The van der Waals surface area contributed by atoms with Crippen molar-refractivity contribution in [2.24, 2.45) is 0 Å². The zero-order chi connectivity index (χ0) is 17.9. The topological polar surface area (TPSA) is 84.9 Å². The number of anilines is 1. The van der Waals surface area contributed by atoms with Crippen LogP contribution < -0.4 is 15.8 Å². The molecule has 6 heteroatoms. The molecule has 3 N–H and O–H groups in total. The second-order valence-electron chi connectivity index (χ2n) is 5.94. The molecule has 0 spiro atoms. The molecule has 2 aromatic heterocycles. The molecule has 0 aliphatic carbocycles. The summed E-state index contributed by atoms with van der Waals surface area (Å²) in [6.07, 6.45) is 2.90. The molecule has 24 heavy (non-hydrogen) atoms. The van der Waals surface area contributed by atoms with Crippen LogP contribution in [0.5, 0.6) is 0 Å². The maximum Gasteiger partial charge on any atom is 0.253 e. The fourth-order valence-corrected chi connectivity index (χ4v) is 2.47. The van der Waals surface area contributed by atoms with E-state index in [2.05, 4.69) is 21.9 Å². The number of rotatable bonds is 6. The van der Waals surface area contributed by atoms with Crippen molar-refractivity contribution in [3.8, 4) is 0 Å². The van der Waals surface area contributed by atoms with Crippen LogP contribution in [0.1, 0.15) is 27.9 Å². The molecule has 2 rings (SSSR count). The largest absolute Gasteiger partial charge is 0.381 e. The first-order chi connectivity index (χ1) is 11.3. The Kier molecular flexibility index (Phi) is 5.18. The minimum absolute atomic E-state index is 0.0937. The molecule has 6 nitrogen and oxygen atoms in total. The lowest BCUT2D eigenvalue weighted by Crippen LogP contribution is -2.22. The van der Waals surface area contributed by atoms with Crippen molar-refractivity contribution >= 4 is 17.7 Å². The fourth-order valence-electron chi connectivity index (χ4n) is 2.47. The number of H-pyrrole nitrogens is 1. The van der Waals surface area contributed by atoms with Crippen LogP contribution in [-0.4, -0.2) is 30.3 Å². The highest BCUT2D eigenvalue weighted by Gasteiger charge is 2.10. The highest BCUT2D eigenvalue weighted by atomic mass is 16.1. The van der Waals surface area contributed by atoms with Crippen LogP contribution in [0.3, 0.4) is 0 Å². The molecular formula is C18H23N5O. The second kappa shape index (κ2) is 7.12. The van der Waals surface area contributed by atoms with Crippen molar-refractivity contribution in [3.63, 3.8) is 0 Å². The summed E-state index contributed by atoms with van der Waals surface area (Å²) in [5, 5.41) is 10.7. The average Bonchev–Trinajstić information content (AvgIpc) is 2.52. The monoisotopic (exact) mass is 325 g/mol. The van der Waals surface area contributed by atoms with E-state index >= 15 is 0 Å². The van der Waals surface area contributed by atoms with Crippen molar-refractivity contribution in [2.75, 3.05) is 19.0 Å². The maximum atomic E-state index is 12.1. The van der Waals surface area contributed by atoms with E-state index in [0.717, 1.165) is 22.6 Å². The third kappa shape index (κ3) is 3.71. The number of aromatic amines is 1. The lowest BCUT2D eigenvalue weighted by Gasteiger charge is -2.17. The molecule has 0 atom stereocenters. The Morgan fingerprint density at radius 3 is 2.71 bits per heavy atom. The minimum atomic E-state index is -0.0937. The first-order valence-corrected chi connectivity index (χ1v) is 7.64. The SMILES string of the molecule is C=C(NCc1c(C)cc(C)[nH]c1=O)c1cc(N(C)C)ncc1C=N. The Balaban J connectivity index is 2.26. The Morgan fingerprint density at radius 1 is 1.42 bits per heavy atom. The van der Waals surface area contributed by atoms with Crippen LogP contribution in [0, 0.1) is 19.3 Å². The van der Waals surface area contributed by atoms with Gasteiger partial charge in [0.2, 0.25) is 0 Å². The molecule has 2 heterocycles. The molecule has 0 fully saturated rings. The second-order valence-corrected chi connectivity index (χ2v) is 5.94. The van der Waals surface area contributed by atoms with Gasteiger partial charge in [-0.05, 0) is 31.5 Å². The van der Waals surface area contributed by atoms with Crippen molar-refractivity contribution in [1.82, 2.24) is 15.3 Å². The van der Waals surface area contributed by atoms with Crippen LogP contribution in [-0.2, 0) is 6.54 Å². The van der Waals surface area contributed by atoms with Gasteiger partial charge in [-0.2, -0.15) is 0 Å². The Labute approximate surface area is 141 Å². The van der Waals surface area contributed by atoms with E-state index < -0.39 is 0 Å². The summed E-state index contributed by atoms with van der Waals surface area (Å²) < 4.78 is 0. The number of aryl methyl sites for hydroxylation is 2. The van der Waals surface area contributed by atoms with E-state index in [9.17, 15) is 4.79 Å².